The minimum atomic E-state index is -0.213. The molecule has 3 heteroatoms. The average Bonchev–Trinajstić information content (AvgIpc) is 2.53. The van der Waals surface area contributed by atoms with E-state index >= 15 is 0 Å². The van der Waals surface area contributed by atoms with Gasteiger partial charge < -0.3 is 10.5 Å². The van der Waals surface area contributed by atoms with E-state index in [-0.39, 0.29) is 24.0 Å². The fraction of sp³-hybridized carbons (Fsp3) is 0.727. The second-order valence-corrected chi connectivity index (χ2v) is 7.83. The maximum absolute atomic E-state index is 6.45. The molecule has 2 atom stereocenters. The molecule has 0 fully saturated rings. The highest BCUT2D eigenvalue weighted by Gasteiger charge is 2.31. The minimum Gasteiger partial charge on any atom is -0.490 e. The van der Waals surface area contributed by atoms with Crippen LogP contribution in [0, 0.1) is 5.92 Å². The maximum atomic E-state index is 6.45. The molecule has 146 valence electrons. The van der Waals surface area contributed by atoms with Crippen molar-refractivity contribution in [2.75, 3.05) is 0 Å². The zero-order valence-corrected chi connectivity index (χ0v) is 17.6. The van der Waals surface area contributed by atoms with E-state index in [9.17, 15) is 0 Å². The van der Waals surface area contributed by atoms with Crippen LogP contribution in [0.2, 0.25) is 0 Å². The summed E-state index contributed by atoms with van der Waals surface area (Å²) in [5, 5.41) is 0. The quantitative estimate of drug-likeness (QED) is 0.390. The van der Waals surface area contributed by atoms with Crippen molar-refractivity contribution in [1.82, 2.24) is 0 Å². The van der Waals surface area contributed by atoms with E-state index in [2.05, 4.69) is 27.7 Å². The minimum absolute atomic E-state index is 0. The third-order valence-electron chi connectivity index (χ3n) is 4.96. The fourth-order valence-electron chi connectivity index (χ4n) is 3.51. The Morgan fingerprint density at radius 2 is 1.44 bits per heavy atom. The Balaban J connectivity index is 0.00000576. The molecule has 0 aromatic heterocycles. The summed E-state index contributed by atoms with van der Waals surface area (Å²) in [7, 11) is 0. The van der Waals surface area contributed by atoms with Crippen molar-refractivity contribution in [3.63, 3.8) is 0 Å². The van der Waals surface area contributed by atoms with Gasteiger partial charge in [0, 0.05) is 11.5 Å². The van der Waals surface area contributed by atoms with Gasteiger partial charge in [-0.25, -0.2) is 0 Å². The summed E-state index contributed by atoms with van der Waals surface area (Å²) < 4.78 is 6.15. The highest BCUT2D eigenvalue weighted by atomic mass is 35.5. The molecule has 0 spiro atoms. The topological polar surface area (TPSA) is 35.2 Å². The number of nitrogens with two attached hydrogens (primary N) is 1. The van der Waals surface area contributed by atoms with E-state index in [0.29, 0.717) is 5.92 Å². The van der Waals surface area contributed by atoms with E-state index < -0.39 is 0 Å². The van der Waals surface area contributed by atoms with Crippen molar-refractivity contribution >= 4 is 12.4 Å². The first-order valence-corrected chi connectivity index (χ1v) is 9.95. The number of ether oxygens (including phenoxy) is 1. The number of benzene rings is 1. The summed E-state index contributed by atoms with van der Waals surface area (Å²) in [6.07, 6.45) is 12.1. The highest BCUT2D eigenvalue weighted by molar-refractivity contribution is 5.85. The van der Waals surface area contributed by atoms with Gasteiger partial charge in [-0.3, -0.25) is 0 Å². The summed E-state index contributed by atoms with van der Waals surface area (Å²) in [5.74, 6) is 1.31. The molecule has 0 amide bonds. The number of hydrogen-bond acceptors (Lipinski definition) is 2. The van der Waals surface area contributed by atoms with E-state index in [1.807, 2.05) is 30.3 Å². The van der Waals surface area contributed by atoms with Gasteiger partial charge in [-0.15, -0.1) is 12.4 Å². The molecule has 0 saturated heterocycles. The Labute approximate surface area is 162 Å². The lowest BCUT2D eigenvalue weighted by Crippen LogP contribution is -2.47. The third kappa shape index (κ3) is 10.8. The number of hydrogen-bond donors (Lipinski definition) is 1. The Morgan fingerprint density at radius 1 is 0.920 bits per heavy atom. The highest BCUT2D eigenvalue weighted by Crippen LogP contribution is 2.27. The summed E-state index contributed by atoms with van der Waals surface area (Å²) >= 11 is 0. The largest absolute Gasteiger partial charge is 0.490 e. The summed E-state index contributed by atoms with van der Waals surface area (Å²) in [4.78, 5) is 0. The molecule has 1 aromatic rings. The van der Waals surface area contributed by atoms with Crippen molar-refractivity contribution in [3.05, 3.63) is 30.3 Å². The Morgan fingerprint density at radius 3 is 1.96 bits per heavy atom. The van der Waals surface area contributed by atoms with Crippen molar-refractivity contribution in [1.29, 1.82) is 0 Å². The third-order valence-corrected chi connectivity index (χ3v) is 4.96. The smallest absolute Gasteiger partial charge is 0.119 e. The zero-order valence-electron chi connectivity index (χ0n) is 16.8. The van der Waals surface area contributed by atoms with Gasteiger partial charge in [0.25, 0.3) is 0 Å². The molecule has 0 heterocycles. The molecular formula is C22H40ClNO. The molecule has 0 aliphatic heterocycles. The molecule has 2 N–H and O–H groups in total. The first kappa shape index (κ1) is 24.3. The van der Waals surface area contributed by atoms with Crippen LogP contribution in [0.4, 0.5) is 0 Å². The van der Waals surface area contributed by atoms with Gasteiger partial charge >= 0.3 is 0 Å². The van der Waals surface area contributed by atoms with Crippen LogP contribution in [0.1, 0.15) is 85.5 Å². The predicted molar refractivity (Wildman–Crippen MR) is 113 cm³/mol. The van der Waals surface area contributed by atoms with Crippen LogP contribution in [0.25, 0.3) is 0 Å². The standard InChI is InChI=1S/C22H39NO.ClH/c1-5-6-7-8-9-10-11-15-18-21(22(3,4)23)19(2)24-20-16-13-12-14-17-20;/h12-14,16-17,19,21H,5-11,15,18,23H2,1-4H3;1H. The summed E-state index contributed by atoms with van der Waals surface area (Å²) in [6.45, 7) is 8.70. The van der Waals surface area contributed by atoms with E-state index in [1.165, 1.54) is 51.4 Å². The normalized spacial score (nSPS) is 13.8. The van der Waals surface area contributed by atoms with Gasteiger partial charge in [-0.2, -0.15) is 0 Å². The Hall–Kier alpha value is -0.730. The molecular weight excluding hydrogens is 330 g/mol. The lowest BCUT2D eigenvalue weighted by Gasteiger charge is -2.35. The number of unbranched alkanes of at least 4 members (excludes halogenated alkanes) is 7. The van der Waals surface area contributed by atoms with Crippen LogP contribution in [0.15, 0.2) is 30.3 Å². The van der Waals surface area contributed by atoms with Crippen LogP contribution < -0.4 is 10.5 Å². The SMILES string of the molecule is CCCCCCCCCCC(C(C)Oc1ccccc1)C(C)(C)N.Cl. The van der Waals surface area contributed by atoms with Crippen LogP contribution in [0.3, 0.4) is 0 Å². The van der Waals surface area contributed by atoms with Crippen molar-refractivity contribution < 1.29 is 4.74 Å². The lowest BCUT2D eigenvalue weighted by molar-refractivity contribution is 0.0973. The van der Waals surface area contributed by atoms with Crippen molar-refractivity contribution in [2.24, 2.45) is 11.7 Å². The van der Waals surface area contributed by atoms with Crippen LogP contribution >= 0.6 is 12.4 Å². The van der Waals surface area contributed by atoms with E-state index in [4.69, 9.17) is 10.5 Å². The molecule has 25 heavy (non-hydrogen) atoms. The van der Waals surface area contributed by atoms with Crippen LogP contribution in [-0.4, -0.2) is 11.6 Å². The van der Waals surface area contributed by atoms with Gasteiger partial charge in [-0.1, -0.05) is 76.5 Å². The van der Waals surface area contributed by atoms with Crippen LogP contribution in [0.5, 0.6) is 5.75 Å². The molecule has 1 aromatic carbocycles. The number of halogens is 1. The molecule has 2 unspecified atom stereocenters. The first-order valence-electron chi connectivity index (χ1n) is 9.95. The second kappa shape index (κ2) is 13.5. The molecule has 0 aliphatic carbocycles. The van der Waals surface area contributed by atoms with Crippen LogP contribution in [-0.2, 0) is 0 Å². The molecule has 0 bridgehead atoms. The van der Waals surface area contributed by atoms with Gasteiger partial charge in [-0.05, 0) is 39.3 Å². The molecule has 0 radical (unpaired) electrons. The van der Waals surface area contributed by atoms with Gasteiger partial charge in [0.15, 0.2) is 0 Å². The summed E-state index contributed by atoms with van der Waals surface area (Å²) in [6, 6.07) is 10.1. The molecule has 0 saturated carbocycles. The zero-order chi connectivity index (χ0) is 17.8. The Bertz CT molecular complexity index is 416. The molecule has 1 rings (SSSR count). The van der Waals surface area contributed by atoms with Crippen molar-refractivity contribution in [2.45, 2.75) is 97.1 Å². The Kier molecular flexibility index (Phi) is 13.1. The first-order chi connectivity index (χ1) is 11.4. The predicted octanol–water partition coefficient (Wildman–Crippen LogP) is 6.76. The summed E-state index contributed by atoms with van der Waals surface area (Å²) in [5.41, 5.74) is 6.24. The lowest BCUT2D eigenvalue weighted by atomic mass is 9.80. The van der Waals surface area contributed by atoms with E-state index in [1.54, 1.807) is 0 Å². The molecule has 0 aliphatic rings. The van der Waals surface area contributed by atoms with Crippen molar-refractivity contribution in [3.8, 4) is 5.75 Å². The number of rotatable bonds is 13. The van der Waals surface area contributed by atoms with Gasteiger partial charge in [0.1, 0.15) is 11.9 Å². The maximum Gasteiger partial charge on any atom is 0.119 e. The fourth-order valence-corrected chi connectivity index (χ4v) is 3.51. The number of para-hydroxylation sites is 1. The molecule has 2 nitrogen and oxygen atoms in total. The monoisotopic (exact) mass is 369 g/mol. The van der Waals surface area contributed by atoms with E-state index in [0.717, 1.165) is 12.2 Å². The second-order valence-electron chi connectivity index (χ2n) is 7.83. The van der Waals surface area contributed by atoms with Gasteiger partial charge in [0.2, 0.25) is 0 Å². The average molecular weight is 370 g/mol. The van der Waals surface area contributed by atoms with Gasteiger partial charge in [0.05, 0.1) is 0 Å².